The molecule has 4 fully saturated rings. The van der Waals surface area contributed by atoms with Crippen molar-refractivity contribution in [3.8, 4) is 0 Å². The van der Waals surface area contributed by atoms with E-state index in [2.05, 4.69) is 15.5 Å². The molecule has 4 aliphatic carbocycles. The van der Waals surface area contributed by atoms with Crippen molar-refractivity contribution in [1.29, 1.82) is 0 Å². The number of aromatic nitrogens is 2. The van der Waals surface area contributed by atoms with Gasteiger partial charge >= 0.3 is 0 Å². The molecule has 0 aromatic carbocycles. The maximum Gasteiger partial charge on any atom is 0.240 e. The van der Waals surface area contributed by atoms with E-state index in [1.807, 2.05) is 7.05 Å². The van der Waals surface area contributed by atoms with Gasteiger partial charge in [-0.1, -0.05) is 5.16 Å². The van der Waals surface area contributed by atoms with Crippen molar-refractivity contribution in [2.24, 2.45) is 17.8 Å². The molecule has 1 aromatic heterocycles. The number of nitrogens with one attached hydrogen (secondary N) is 1. The highest BCUT2D eigenvalue weighted by Gasteiger charge is 2.53. The van der Waals surface area contributed by atoms with E-state index in [1.54, 1.807) is 0 Å². The third-order valence-electron chi connectivity index (χ3n) is 5.31. The molecule has 0 amide bonds. The van der Waals surface area contributed by atoms with Gasteiger partial charge in [0.15, 0.2) is 5.82 Å². The summed E-state index contributed by atoms with van der Waals surface area (Å²) < 4.78 is 5.37. The SMILES string of the molecule is CNCc1nc(C23CC4CC(CC(C4)C2)C3)no1.Cl. The van der Waals surface area contributed by atoms with Crippen molar-refractivity contribution < 1.29 is 4.52 Å². The Bertz CT molecular complexity index is 424. The Balaban J connectivity index is 0.00000110. The maximum atomic E-state index is 5.37. The molecule has 1 aromatic rings. The summed E-state index contributed by atoms with van der Waals surface area (Å²) in [5.41, 5.74) is 0.268. The molecule has 0 atom stereocenters. The molecule has 0 spiro atoms. The minimum Gasteiger partial charge on any atom is -0.338 e. The maximum absolute atomic E-state index is 5.37. The largest absolute Gasteiger partial charge is 0.338 e. The summed E-state index contributed by atoms with van der Waals surface area (Å²) in [5.74, 6) is 4.54. The van der Waals surface area contributed by atoms with Crippen LogP contribution in [0.5, 0.6) is 0 Å². The molecule has 4 saturated carbocycles. The zero-order chi connectivity index (χ0) is 12.2. The zero-order valence-corrected chi connectivity index (χ0v) is 12.2. The lowest BCUT2D eigenvalue weighted by Crippen LogP contribution is -2.49. The minimum absolute atomic E-state index is 0. The minimum atomic E-state index is 0. The van der Waals surface area contributed by atoms with Gasteiger partial charge in [0.05, 0.1) is 6.54 Å². The highest BCUT2D eigenvalue weighted by atomic mass is 35.5. The van der Waals surface area contributed by atoms with Gasteiger partial charge < -0.3 is 9.84 Å². The first-order chi connectivity index (χ1) is 8.77. The number of rotatable bonds is 3. The van der Waals surface area contributed by atoms with E-state index >= 15 is 0 Å². The molecule has 0 aliphatic heterocycles. The van der Waals surface area contributed by atoms with Crippen LogP contribution in [-0.2, 0) is 12.0 Å². The molecule has 19 heavy (non-hydrogen) atoms. The van der Waals surface area contributed by atoms with Gasteiger partial charge in [-0.25, -0.2) is 0 Å². The van der Waals surface area contributed by atoms with Gasteiger partial charge in [0.1, 0.15) is 0 Å². The van der Waals surface area contributed by atoms with Gasteiger partial charge in [-0.05, 0) is 63.3 Å². The van der Waals surface area contributed by atoms with Gasteiger partial charge in [-0.2, -0.15) is 4.98 Å². The standard InChI is InChI=1S/C14H21N3O.ClH/c1-15-8-12-16-13(17-18-12)14-5-9-2-10(6-14)4-11(3-9)7-14;/h9-11,15H,2-8H2,1H3;1H. The Morgan fingerprint density at radius 3 is 2.26 bits per heavy atom. The smallest absolute Gasteiger partial charge is 0.240 e. The Kier molecular flexibility index (Phi) is 3.34. The molecule has 4 nitrogen and oxygen atoms in total. The van der Waals surface area contributed by atoms with E-state index in [1.165, 1.54) is 38.5 Å². The second-order valence-electron chi connectivity index (χ2n) is 6.74. The summed E-state index contributed by atoms with van der Waals surface area (Å²) in [6.45, 7) is 0.680. The van der Waals surface area contributed by atoms with E-state index in [-0.39, 0.29) is 17.8 Å². The molecule has 0 unspecified atom stereocenters. The van der Waals surface area contributed by atoms with Gasteiger partial charge in [-0.15, -0.1) is 12.4 Å². The van der Waals surface area contributed by atoms with Crippen LogP contribution in [0.4, 0.5) is 0 Å². The molecule has 5 rings (SSSR count). The second-order valence-corrected chi connectivity index (χ2v) is 6.74. The van der Waals surface area contributed by atoms with E-state index in [9.17, 15) is 0 Å². The summed E-state index contributed by atoms with van der Waals surface area (Å²) >= 11 is 0. The van der Waals surface area contributed by atoms with Crippen LogP contribution in [0.25, 0.3) is 0 Å². The summed E-state index contributed by atoms with van der Waals surface area (Å²) in [6, 6.07) is 0. The molecular formula is C14H22ClN3O. The molecular weight excluding hydrogens is 262 g/mol. The van der Waals surface area contributed by atoms with Crippen LogP contribution in [0, 0.1) is 17.8 Å². The number of hydrogen-bond acceptors (Lipinski definition) is 4. The summed E-state index contributed by atoms with van der Waals surface area (Å²) in [4.78, 5) is 4.65. The van der Waals surface area contributed by atoms with Crippen LogP contribution in [0.1, 0.15) is 50.2 Å². The molecule has 0 saturated heterocycles. The van der Waals surface area contributed by atoms with Crippen molar-refractivity contribution in [3.63, 3.8) is 0 Å². The molecule has 5 heteroatoms. The van der Waals surface area contributed by atoms with Crippen molar-refractivity contribution in [2.75, 3.05) is 7.05 Å². The first kappa shape index (κ1) is 13.4. The van der Waals surface area contributed by atoms with Crippen LogP contribution in [-0.4, -0.2) is 17.2 Å². The topological polar surface area (TPSA) is 51.0 Å². The van der Waals surface area contributed by atoms with Crippen LogP contribution >= 0.6 is 12.4 Å². The van der Waals surface area contributed by atoms with Gasteiger partial charge in [0.25, 0.3) is 0 Å². The quantitative estimate of drug-likeness (QED) is 0.927. The van der Waals surface area contributed by atoms with Gasteiger partial charge in [-0.3, -0.25) is 0 Å². The number of nitrogens with zero attached hydrogens (tertiary/aromatic N) is 2. The van der Waals surface area contributed by atoms with Gasteiger partial charge in [0, 0.05) is 5.41 Å². The van der Waals surface area contributed by atoms with Crippen LogP contribution in [0.15, 0.2) is 4.52 Å². The van der Waals surface area contributed by atoms with Crippen LogP contribution in [0.3, 0.4) is 0 Å². The fourth-order valence-corrected chi connectivity index (χ4v) is 5.08. The van der Waals surface area contributed by atoms with E-state index in [0.29, 0.717) is 6.54 Å². The normalized spacial score (nSPS) is 39.3. The van der Waals surface area contributed by atoms with E-state index < -0.39 is 0 Å². The lowest BCUT2D eigenvalue weighted by molar-refractivity contribution is -0.0103. The lowest BCUT2D eigenvalue weighted by atomic mass is 9.49. The Labute approximate surface area is 120 Å². The van der Waals surface area contributed by atoms with Crippen molar-refractivity contribution in [2.45, 2.75) is 50.5 Å². The average molecular weight is 284 g/mol. The third kappa shape index (κ3) is 2.09. The summed E-state index contributed by atoms with van der Waals surface area (Å²) in [5, 5.41) is 7.37. The second kappa shape index (κ2) is 4.74. The third-order valence-corrected chi connectivity index (χ3v) is 5.31. The molecule has 0 radical (unpaired) electrons. The van der Waals surface area contributed by atoms with Crippen molar-refractivity contribution >= 4 is 12.4 Å². The first-order valence-electron chi connectivity index (χ1n) is 7.25. The highest BCUT2D eigenvalue weighted by Crippen LogP contribution is 2.60. The van der Waals surface area contributed by atoms with Crippen molar-refractivity contribution in [1.82, 2.24) is 15.5 Å². The van der Waals surface area contributed by atoms with Crippen LogP contribution in [0.2, 0.25) is 0 Å². The average Bonchev–Trinajstić information content (AvgIpc) is 2.77. The Hall–Kier alpha value is -0.610. The highest BCUT2D eigenvalue weighted by molar-refractivity contribution is 5.85. The Morgan fingerprint density at radius 1 is 1.16 bits per heavy atom. The molecule has 4 aliphatic rings. The Morgan fingerprint density at radius 2 is 1.74 bits per heavy atom. The molecule has 106 valence electrons. The molecule has 1 heterocycles. The lowest BCUT2D eigenvalue weighted by Gasteiger charge is -2.55. The fourth-order valence-electron chi connectivity index (χ4n) is 5.08. The van der Waals surface area contributed by atoms with Crippen LogP contribution < -0.4 is 5.32 Å². The van der Waals surface area contributed by atoms with Crippen molar-refractivity contribution in [3.05, 3.63) is 11.7 Å². The first-order valence-corrected chi connectivity index (χ1v) is 7.25. The zero-order valence-electron chi connectivity index (χ0n) is 11.4. The predicted molar refractivity (Wildman–Crippen MR) is 74.2 cm³/mol. The molecule has 4 bridgehead atoms. The molecule has 1 N–H and O–H groups in total. The summed E-state index contributed by atoms with van der Waals surface area (Å²) in [6.07, 6.45) is 8.29. The number of halogens is 1. The fraction of sp³-hybridized carbons (Fsp3) is 0.857. The predicted octanol–water partition coefficient (Wildman–Crippen LogP) is 2.68. The van der Waals surface area contributed by atoms with E-state index in [4.69, 9.17) is 4.52 Å². The monoisotopic (exact) mass is 283 g/mol. The summed E-state index contributed by atoms with van der Waals surface area (Å²) in [7, 11) is 1.91. The van der Waals surface area contributed by atoms with Gasteiger partial charge in [0.2, 0.25) is 5.89 Å². The number of hydrogen-bond donors (Lipinski definition) is 1. The van der Waals surface area contributed by atoms with E-state index in [0.717, 1.165) is 29.5 Å².